The van der Waals surface area contributed by atoms with Crippen LogP contribution in [0.1, 0.15) is 18.8 Å². The molecule has 1 aromatic carbocycles. The van der Waals surface area contributed by atoms with Gasteiger partial charge in [0.1, 0.15) is 0 Å². The number of nitrogens with zero attached hydrogens (tertiary/aromatic N) is 4. The fraction of sp³-hybridized carbons (Fsp3) is 0.222. The molecule has 16 heavy (non-hydrogen) atoms. The van der Waals surface area contributed by atoms with Crippen molar-refractivity contribution >= 4 is 27.5 Å². The largest absolute Gasteiger partial charge is 0.321 e. The van der Waals surface area contributed by atoms with Crippen LogP contribution in [0.25, 0.3) is 5.69 Å². The zero-order chi connectivity index (χ0) is 11.7. The minimum atomic E-state index is -0.232. The first kappa shape index (κ1) is 11.5. The average molecular weight is 303 g/mol. The Morgan fingerprint density at radius 1 is 1.50 bits per heavy atom. The van der Waals surface area contributed by atoms with Crippen molar-refractivity contribution in [3.8, 4) is 5.69 Å². The van der Waals surface area contributed by atoms with Crippen molar-refractivity contribution in [3.63, 3.8) is 0 Å². The predicted octanol–water partition coefficient (Wildman–Crippen LogP) is 2.10. The number of benzene rings is 1. The summed E-state index contributed by atoms with van der Waals surface area (Å²) in [4.78, 5) is 0. The van der Waals surface area contributed by atoms with Gasteiger partial charge in [0.25, 0.3) is 0 Å². The molecule has 0 bridgehead atoms. The van der Waals surface area contributed by atoms with Crippen molar-refractivity contribution in [1.29, 1.82) is 0 Å². The molecular weight excluding hydrogens is 293 g/mol. The first-order valence-electron chi connectivity index (χ1n) is 4.59. The Hall–Kier alpha value is -0.980. The quantitative estimate of drug-likeness (QED) is 0.922. The number of aromatic nitrogens is 4. The van der Waals surface area contributed by atoms with Gasteiger partial charge in [-0.15, -0.1) is 5.10 Å². The standard InChI is InChI=1S/C9H9BrClN5/c1-5(12)9-13-14-15-16(9)6-2-3-8(11)7(10)4-6/h2-5H,12H2,1H3. The molecule has 2 N–H and O–H groups in total. The molecule has 0 amide bonds. The number of hydrogen-bond donors (Lipinski definition) is 1. The highest BCUT2D eigenvalue weighted by atomic mass is 79.9. The highest BCUT2D eigenvalue weighted by molar-refractivity contribution is 9.10. The smallest absolute Gasteiger partial charge is 0.173 e. The fourth-order valence-electron chi connectivity index (χ4n) is 1.28. The van der Waals surface area contributed by atoms with E-state index in [-0.39, 0.29) is 6.04 Å². The molecule has 0 fully saturated rings. The van der Waals surface area contributed by atoms with Crippen LogP contribution in [0.15, 0.2) is 22.7 Å². The molecule has 84 valence electrons. The maximum Gasteiger partial charge on any atom is 0.173 e. The van der Waals surface area contributed by atoms with Gasteiger partial charge in [-0.3, -0.25) is 0 Å². The third-order valence-corrected chi connectivity index (χ3v) is 3.26. The Bertz CT molecular complexity index is 510. The van der Waals surface area contributed by atoms with E-state index in [0.29, 0.717) is 10.8 Å². The van der Waals surface area contributed by atoms with Crippen molar-refractivity contribution in [1.82, 2.24) is 20.2 Å². The van der Waals surface area contributed by atoms with E-state index < -0.39 is 0 Å². The summed E-state index contributed by atoms with van der Waals surface area (Å²) in [5.74, 6) is 0.606. The molecule has 0 radical (unpaired) electrons. The van der Waals surface area contributed by atoms with E-state index in [4.69, 9.17) is 17.3 Å². The molecule has 5 nitrogen and oxygen atoms in total. The first-order chi connectivity index (χ1) is 7.59. The molecule has 7 heteroatoms. The molecular formula is C9H9BrClN5. The zero-order valence-corrected chi connectivity index (χ0v) is 10.8. The Kier molecular flexibility index (Phi) is 3.22. The molecule has 0 spiro atoms. The van der Waals surface area contributed by atoms with Crippen molar-refractivity contribution in [2.45, 2.75) is 13.0 Å². The molecule has 2 rings (SSSR count). The lowest BCUT2D eigenvalue weighted by atomic mass is 10.3. The maximum atomic E-state index is 5.91. The van der Waals surface area contributed by atoms with Gasteiger partial charge in [-0.2, -0.15) is 4.68 Å². The number of nitrogens with two attached hydrogens (primary N) is 1. The van der Waals surface area contributed by atoms with E-state index >= 15 is 0 Å². The lowest BCUT2D eigenvalue weighted by molar-refractivity contribution is 0.688. The van der Waals surface area contributed by atoms with Crippen LogP contribution in [0.2, 0.25) is 5.02 Å². The first-order valence-corrected chi connectivity index (χ1v) is 5.76. The molecule has 0 aliphatic rings. The highest BCUT2D eigenvalue weighted by Gasteiger charge is 2.12. The van der Waals surface area contributed by atoms with Crippen LogP contribution in [0.4, 0.5) is 0 Å². The molecule has 0 aliphatic carbocycles. The van der Waals surface area contributed by atoms with Gasteiger partial charge in [-0.25, -0.2) is 0 Å². The Balaban J connectivity index is 2.50. The predicted molar refractivity (Wildman–Crippen MR) is 64.5 cm³/mol. The van der Waals surface area contributed by atoms with Gasteiger partial charge < -0.3 is 5.73 Å². The van der Waals surface area contributed by atoms with Crippen LogP contribution in [-0.4, -0.2) is 20.2 Å². The second kappa shape index (κ2) is 4.48. The molecule has 1 aromatic heterocycles. The van der Waals surface area contributed by atoms with Crippen LogP contribution in [0, 0.1) is 0 Å². The van der Waals surface area contributed by atoms with Crippen molar-refractivity contribution < 1.29 is 0 Å². The molecule has 1 unspecified atom stereocenters. The molecule has 0 saturated carbocycles. The van der Waals surface area contributed by atoms with E-state index in [9.17, 15) is 0 Å². The van der Waals surface area contributed by atoms with Gasteiger partial charge in [0.05, 0.1) is 16.8 Å². The lowest BCUT2D eigenvalue weighted by Crippen LogP contribution is -2.13. The Morgan fingerprint density at radius 2 is 2.25 bits per heavy atom. The van der Waals surface area contributed by atoms with Gasteiger partial charge in [0, 0.05) is 4.47 Å². The SMILES string of the molecule is CC(N)c1nnnn1-c1ccc(Cl)c(Br)c1. The van der Waals surface area contributed by atoms with Crippen LogP contribution < -0.4 is 5.73 Å². The van der Waals surface area contributed by atoms with E-state index in [0.717, 1.165) is 10.2 Å². The third kappa shape index (κ3) is 2.09. The molecule has 0 saturated heterocycles. The van der Waals surface area contributed by atoms with E-state index in [1.54, 1.807) is 10.7 Å². The fourth-order valence-corrected chi connectivity index (χ4v) is 1.76. The molecule has 1 heterocycles. The minimum Gasteiger partial charge on any atom is -0.321 e. The molecule has 1 atom stereocenters. The van der Waals surface area contributed by atoms with Gasteiger partial charge in [-0.1, -0.05) is 11.6 Å². The monoisotopic (exact) mass is 301 g/mol. The number of halogens is 2. The molecule has 0 aliphatic heterocycles. The number of rotatable bonds is 2. The van der Waals surface area contributed by atoms with Crippen LogP contribution in [0.5, 0.6) is 0 Å². The van der Waals surface area contributed by atoms with Gasteiger partial charge in [0.2, 0.25) is 0 Å². The minimum absolute atomic E-state index is 0.232. The van der Waals surface area contributed by atoms with Crippen molar-refractivity contribution in [2.24, 2.45) is 5.73 Å². The van der Waals surface area contributed by atoms with Crippen LogP contribution in [-0.2, 0) is 0 Å². The van der Waals surface area contributed by atoms with Crippen LogP contribution >= 0.6 is 27.5 Å². The summed E-state index contributed by atoms with van der Waals surface area (Å²) >= 11 is 9.26. The average Bonchev–Trinajstić information content (AvgIpc) is 2.71. The van der Waals surface area contributed by atoms with E-state index in [1.807, 2.05) is 19.1 Å². The number of tetrazole rings is 1. The summed E-state index contributed by atoms with van der Waals surface area (Å²) in [6.45, 7) is 1.83. The van der Waals surface area contributed by atoms with E-state index in [2.05, 4.69) is 31.5 Å². The van der Waals surface area contributed by atoms with Gasteiger partial charge in [0.15, 0.2) is 5.82 Å². The highest BCUT2D eigenvalue weighted by Crippen LogP contribution is 2.25. The molecule has 2 aromatic rings. The van der Waals surface area contributed by atoms with Crippen LogP contribution in [0.3, 0.4) is 0 Å². The topological polar surface area (TPSA) is 69.6 Å². The van der Waals surface area contributed by atoms with E-state index in [1.165, 1.54) is 0 Å². The summed E-state index contributed by atoms with van der Waals surface area (Å²) in [5.41, 5.74) is 6.58. The second-order valence-corrected chi connectivity index (χ2v) is 4.60. The Labute approximate surface area is 106 Å². The summed E-state index contributed by atoms with van der Waals surface area (Å²) in [6, 6.07) is 5.21. The lowest BCUT2D eigenvalue weighted by Gasteiger charge is -2.07. The second-order valence-electron chi connectivity index (χ2n) is 3.34. The van der Waals surface area contributed by atoms with Gasteiger partial charge in [-0.05, 0) is 51.5 Å². The summed E-state index contributed by atoms with van der Waals surface area (Å²) in [7, 11) is 0. The van der Waals surface area contributed by atoms with Gasteiger partial charge >= 0.3 is 0 Å². The normalized spacial score (nSPS) is 12.8. The zero-order valence-electron chi connectivity index (χ0n) is 8.43. The van der Waals surface area contributed by atoms with Crippen molar-refractivity contribution in [2.75, 3.05) is 0 Å². The van der Waals surface area contributed by atoms with Crippen molar-refractivity contribution in [3.05, 3.63) is 33.5 Å². The summed E-state index contributed by atoms with van der Waals surface area (Å²) in [6.07, 6.45) is 0. The summed E-state index contributed by atoms with van der Waals surface area (Å²) < 4.78 is 2.38. The number of hydrogen-bond acceptors (Lipinski definition) is 4. The maximum absolute atomic E-state index is 5.91. The Morgan fingerprint density at radius 3 is 2.88 bits per heavy atom. The summed E-state index contributed by atoms with van der Waals surface area (Å²) in [5, 5.41) is 12.0. The third-order valence-electron chi connectivity index (χ3n) is 2.05.